The molecule has 0 saturated heterocycles. The fraction of sp³-hybridized carbons (Fsp3) is 0.650. The van der Waals surface area contributed by atoms with E-state index < -0.39 is 28.5 Å². The molecule has 0 aromatic carbocycles. The number of hydrogen-bond acceptors (Lipinski definition) is 9. The lowest BCUT2D eigenvalue weighted by molar-refractivity contribution is 0.0465. The topological polar surface area (TPSA) is 161 Å². The standard InChI is InChI=1S/C20H33N7O5/c1-8-9-10-27-14(21)13(15(28)23-17(27)29)26(7)11-12-22-16(25-32-12)20(5,6)24-18(30)31-19(2,3)4/h8-11,21H2,1-7H3,(H,24,30)(H,23,28,29). The summed E-state index contributed by atoms with van der Waals surface area (Å²) in [4.78, 5) is 44.8. The Morgan fingerprint density at radius 2 is 1.94 bits per heavy atom. The van der Waals surface area contributed by atoms with E-state index in [1.165, 1.54) is 9.47 Å². The maximum absolute atomic E-state index is 12.4. The van der Waals surface area contributed by atoms with Crippen molar-refractivity contribution in [2.75, 3.05) is 17.7 Å². The molecular formula is C20H33N7O5. The summed E-state index contributed by atoms with van der Waals surface area (Å²) in [5, 5.41) is 6.65. The lowest BCUT2D eigenvalue weighted by Crippen LogP contribution is -2.44. The third kappa shape index (κ3) is 6.11. The summed E-state index contributed by atoms with van der Waals surface area (Å²) in [6.45, 7) is 11.2. The Kier molecular flexibility index (Phi) is 7.37. The highest BCUT2D eigenvalue weighted by atomic mass is 16.6. The van der Waals surface area contributed by atoms with Crippen molar-refractivity contribution in [3.63, 3.8) is 0 Å². The molecule has 2 heterocycles. The minimum absolute atomic E-state index is 0.0643. The Morgan fingerprint density at radius 3 is 2.53 bits per heavy atom. The second-order valence-corrected chi connectivity index (χ2v) is 9.12. The van der Waals surface area contributed by atoms with E-state index in [1.807, 2.05) is 6.92 Å². The number of nitrogens with zero attached hydrogens (tertiary/aromatic N) is 4. The van der Waals surface area contributed by atoms with Crippen molar-refractivity contribution < 1.29 is 14.1 Å². The number of ether oxygens (including phenoxy) is 1. The minimum Gasteiger partial charge on any atom is -0.444 e. The van der Waals surface area contributed by atoms with E-state index in [-0.39, 0.29) is 29.8 Å². The van der Waals surface area contributed by atoms with Gasteiger partial charge in [0.1, 0.15) is 22.6 Å². The second-order valence-electron chi connectivity index (χ2n) is 9.12. The number of aromatic nitrogens is 4. The van der Waals surface area contributed by atoms with Crippen molar-refractivity contribution in [3.8, 4) is 0 Å². The summed E-state index contributed by atoms with van der Waals surface area (Å²) >= 11 is 0. The van der Waals surface area contributed by atoms with Crippen molar-refractivity contribution in [3.05, 3.63) is 32.6 Å². The molecule has 0 bridgehead atoms. The van der Waals surface area contributed by atoms with Gasteiger partial charge in [0.25, 0.3) is 5.56 Å². The lowest BCUT2D eigenvalue weighted by Gasteiger charge is -2.26. The van der Waals surface area contributed by atoms with Gasteiger partial charge in [-0.2, -0.15) is 4.98 Å². The lowest BCUT2D eigenvalue weighted by atomic mass is 10.1. The van der Waals surface area contributed by atoms with Gasteiger partial charge >= 0.3 is 11.8 Å². The van der Waals surface area contributed by atoms with Gasteiger partial charge in [0.05, 0.1) is 6.54 Å². The molecule has 2 aromatic heterocycles. The molecule has 0 spiro atoms. The molecule has 0 aliphatic carbocycles. The van der Waals surface area contributed by atoms with E-state index in [4.69, 9.17) is 15.0 Å². The van der Waals surface area contributed by atoms with Gasteiger partial charge in [0, 0.05) is 13.6 Å². The van der Waals surface area contributed by atoms with Crippen molar-refractivity contribution in [2.45, 2.75) is 78.6 Å². The summed E-state index contributed by atoms with van der Waals surface area (Å²) in [6, 6.07) is 0. The van der Waals surface area contributed by atoms with E-state index in [0.717, 1.165) is 12.8 Å². The first kappa shape index (κ1) is 25.0. The van der Waals surface area contributed by atoms with E-state index in [0.29, 0.717) is 6.54 Å². The number of carbonyl (C=O) groups is 1. The molecule has 178 valence electrons. The minimum atomic E-state index is -0.966. The van der Waals surface area contributed by atoms with E-state index in [1.54, 1.807) is 41.7 Å². The summed E-state index contributed by atoms with van der Waals surface area (Å²) in [5.41, 5.74) is 3.50. The normalized spacial score (nSPS) is 12.0. The number of hydrogen-bond donors (Lipinski definition) is 3. The molecule has 0 aliphatic rings. The predicted molar refractivity (Wildman–Crippen MR) is 119 cm³/mol. The van der Waals surface area contributed by atoms with Crippen LogP contribution in [0.15, 0.2) is 14.1 Å². The van der Waals surface area contributed by atoms with Crippen LogP contribution in [0.2, 0.25) is 0 Å². The zero-order valence-electron chi connectivity index (χ0n) is 19.7. The van der Waals surface area contributed by atoms with Crippen molar-refractivity contribution in [1.29, 1.82) is 0 Å². The molecule has 2 rings (SSSR count). The van der Waals surface area contributed by atoms with Crippen LogP contribution in [0.4, 0.5) is 16.3 Å². The molecule has 12 heteroatoms. The SMILES string of the molecule is CCCCn1c(N)c(N(C)Cc2nc(C(C)(C)NC(=O)OC(C)(C)C)no2)c(=O)[nH]c1=O. The molecular weight excluding hydrogens is 418 g/mol. The number of nitrogens with one attached hydrogen (secondary N) is 2. The average Bonchev–Trinajstić information content (AvgIpc) is 3.08. The molecule has 1 amide bonds. The van der Waals surface area contributed by atoms with Gasteiger partial charge in [-0.25, -0.2) is 9.59 Å². The van der Waals surface area contributed by atoms with Crippen LogP contribution in [-0.4, -0.2) is 38.4 Å². The first-order valence-corrected chi connectivity index (χ1v) is 10.4. The first-order chi connectivity index (χ1) is 14.7. The number of unbranched alkanes of at least 4 members (excludes halogenated alkanes) is 1. The molecule has 12 nitrogen and oxygen atoms in total. The highest BCUT2D eigenvalue weighted by molar-refractivity contribution is 5.68. The fourth-order valence-corrected chi connectivity index (χ4v) is 2.95. The molecule has 0 fully saturated rings. The van der Waals surface area contributed by atoms with Crippen molar-refractivity contribution in [2.24, 2.45) is 0 Å². The zero-order chi connectivity index (χ0) is 24.3. The number of nitrogens with two attached hydrogens (primary N) is 1. The Balaban J connectivity index is 2.21. The van der Waals surface area contributed by atoms with Gasteiger partial charge < -0.3 is 25.2 Å². The van der Waals surface area contributed by atoms with Gasteiger partial charge in [0.15, 0.2) is 5.82 Å². The van der Waals surface area contributed by atoms with Crippen LogP contribution in [0.5, 0.6) is 0 Å². The maximum atomic E-state index is 12.4. The molecule has 0 atom stereocenters. The predicted octanol–water partition coefficient (Wildman–Crippen LogP) is 1.70. The quantitative estimate of drug-likeness (QED) is 0.542. The third-order valence-corrected chi connectivity index (χ3v) is 4.54. The van der Waals surface area contributed by atoms with Crippen LogP contribution in [0.25, 0.3) is 0 Å². The number of anilines is 2. The van der Waals surface area contributed by atoms with Gasteiger partial charge in [-0.15, -0.1) is 0 Å². The monoisotopic (exact) mass is 451 g/mol. The van der Waals surface area contributed by atoms with E-state index in [9.17, 15) is 14.4 Å². The Morgan fingerprint density at radius 1 is 1.28 bits per heavy atom. The van der Waals surface area contributed by atoms with Gasteiger partial charge in [-0.3, -0.25) is 14.3 Å². The van der Waals surface area contributed by atoms with Crippen LogP contribution in [-0.2, 0) is 23.4 Å². The average molecular weight is 452 g/mol. The van der Waals surface area contributed by atoms with Gasteiger partial charge in [-0.1, -0.05) is 18.5 Å². The van der Waals surface area contributed by atoms with Crippen LogP contribution < -0.4 is 27.2 Å². The molecule has 0 saturated carbocycles. The summed E-state index contributed by atoms with van der Waals surface area (Å²) < 4.78 is 11.9. The number of amides is 1. The fourth-order valence-electron chi connectivity index (χ4n) is 2.95. The first-order valence-electron chi connectivity index (χ1n) is 10.4. The van der Waals surface area contributed by atoms with Gasteiger partial charge in [0.2, 0.25) is 5.89 Å². The van der Waals surface area contributed by atoms with E-state index >= 15 is 0 Å². The summed E-state index contributed by atoms with van der Waals surface area (Å²) in [5.74, 6) is 0.509. The number of carbonyl (C=O) groups excluding carboxylic acids is 1. The largest absolute Gasteiger partial charge is 0.444 e. The van der Waals surface area contributed by atoms with Gasteiger partial charge in [-0.05, 0) is 41.0 Å². The molecule has 32 heavy (non-hydrogen) atoms. The molecule has 0 unspecified atom stereocenters. The van der Waals surface area contributed by atoms with Crippen LogP contribution in [0.1, 0.15) is 66.1 Å². The second kappa shape index (κ2) is 9.45. The third-order valence-electron chi connectivity index (χ3n) is 4.54. The van der Waals surface area contributed by atoms with Crippen LogP contribution in [0.3, 0.4) is 0 Å². The molecule has 2 aromatic rings. The smallest absolute Gasteiger partial charge is 0.408 e. The number of nitrogen functional groups attached to an aromatic ring is 1. The Labute approximate surface area is 186 Å². The molecule has 4 N–H and O–H groups in total. The van der Waals surface area contributed by atoms with Crippen LogP contribution >= 0.6 is 0 Å². The van der Waals surface area contributed by atoms with Crippen molar-refractivity contribution in [1.82, 2.24) is 25.0 Å². The Hall–Kier alpha value is -3.31. The highest BCUT2D eigenvalue weighted by Crippen LogP contribution is 2.21. The highest BCUT2D eigenvalue weighted by Gasteiger charge is 2.31. The Bertz CT molecular complexity index is 1060. The number of rotatable bonds is 8. The number of H-pyrrole nitrogens is 1. The number of alkyl carbamates (subject to hydrolysis) is 1. The summed E-state index contributed by atoms with van der Waals surface area (Å²) in [6.07, 6.45) is 1.000. The number of aromatic amines is 1. The molecule has 0 radical (unpaired) electrons. The maximum Gasteiger partial charge on any atom is 0.408 e. The van der Waals surface area contributed by atoms with Crippen molar-refractivity contribution >= 4 is 17.6 Å². The van der Waals surface area contributed by atoms with E-state index in [2.05, 4.69) is 20.4 Å². The van der Waals surface area contributed by atoms with Crippen LogP contribution in [0, 0.1) is 0 Å². The molecule has 0 aliphatic heterocycles. The zero-order valence-corrected chi connectivity index (χ0v) is 19.7. The summed E-state index contributed by atoms with van der Waals surface area (Å²) in [7, 11) is 1.63.